The molecule has 0 radical (unpaired) electrons. The lowest BCUT2D eigenvalue weighted by molar-refractivity contribution is -0.385. The quantitative estimate of drug-likeness (QED) is 0.328. The number of hydrogen-bond acceptors (Lipinski definition) is 2. The fraction of sp³-hybridized carbons (Fsp3) is 0.0833. The van der Waals surface area contributed by atoms with Gasteiger partial charge in [-0.15, -0.1) is 0 Å². The minimum Gasteiger partial charge on any atom is -0.258 e. The molecule has 1 aliphatic carbocycles. The van der Waals surface area contributed by atoms with Gasteiger partial charge in [0.1, 0.15) is 0 Å². The molecule has 0 aromatic heterocycles. The van der Waals surface area contributed by atoms with Crippen molar-refractivity contribution in [3.8, 4) is 0 Å². The third kappa shape index (κ3) is 3.95. The Kier molecular flexibility index (Phi) is 5.45. The van der Waals surface area contributed by atoms with Crippen molar-refractivity contribution in [2.24, 2.45) is 0 Å². The van der Waals surface area contributed by atoms with Gasteiger partial charge in [-0.3, -0.25) is 10.1 Å². The van der Waals surface area contributed by atoms with Crippen LogP contribution in [0.3, 0.4) is 0 Å². The average Bonchev–Trinajstić information content (AvgIpc) is 3.22. The Bertz CT molecular complexity index is 989. The van der Waals surface area contributed by atoms with Crippen molar-refractivity contribution in [1.29, 1.82) is 0 Å². The van der Waals surface area contributed by atoms with Crippen molar-refractivity contribution in [3.63, 3.8) is 0 Å². The van der Waals surface area contributed by atoms with Gasteiger partial charge >= 0.3 is 0 Å². The van der Waals surface area contributed by atoms with Crippen LogP contribution >= 0.6 is 7.92 Å². The molecule has 0 amide bonds. The van der Waals surface area contributed by atoms with Crippen LogP contribution < -0.4 is 10.6 Å². The van der Waals surface area contributed by atoms with Crippen molar-refractivity contribution < 1.29 is 4.92 Å². The summed E-state index contributed by atoms with van der Waals surface area (Å²) in [4.78, 5) is 11.1. The van der Waals surface area contributed by atoms with Gasteiger partial charge in [-0.1, -0.05) is 97.1 Å². The summed E-state index contributed by atoms with van der Waals surface area (Å²) in [6, 6.07) is 28.2. The molecule has 3 nitrogen and oxygen atoms in total. The third-order valence-corrected chi connectivity index (χ3v) is 7.40. The second-order valence-corrected chi connectivity index (χ2v) is 8.90. The Morgan fingerprint density at radius 1 is 0.821 bits per heavy atom. The van der Waals surface area contributed by atoms with E-state index in [2.05, 4.69) is 66.8 Å². The lowest BCUT2D eigenvalue weighted by Gasteiger charge is -2.19. The fourth-order valence-corrected chi connectivity index (χ4v) is 5.84. The third-order valence-electron chi connectivity index (χ3n) is 4.88. The Balaban J connectivity index is 1.63. The number of hydrogen-bond donors (Lipinski definition) is 0. The van der Waals surface area contributed by atoms with Crippen molar-refractivity contribution in [2.45, 2.75) is 5.92 Å². The van der Waals surface area contributed by atoms with E-state index in [1.165, 1.54) is 16.2 Å². The van der Waals surface area contributed by atoms with Crippen LogP contribution in [0, 0.1) is 10.1 Å². The Morgan fingerprint density at radius 3 is 2.00 bits per heavy atom. The summed E-state index contributed by atoms with van der Waals surface area (Å²) in [5.74, 6) is -0.0417. The Morgan fingerprint density at radius 2 is 1.39 bits per heavy atom. The van der Waals surface area contributed by atoms with E-state index in [1.54, 1.807) is 12.1 Å². The van der Waals surface area contributed by atoms with Crippen LogP contribution in [0.15, 0.2) is 109 Å². The molecule has 0 heterocycles. The number of allylic oxidation sites excluding steroid dienone is 4. The molecule has 4 rings (SSSR count). The smallest absolute Gasteiger partial charge is 0.258 e. The molecular formula is C24H20NO2P. The summed E-state index contributed by atoms with van der Waals surface area (Å²) < 4.78 is 0. The van der Waals surface area contributed by atoms with Gasteiger partial charge in [-0.05, 0) is 24.1 Å². The topological polar surface area (TPSA) is 43.1 Å². The molecule has 0 N–H and O–H groups in total. The lowest BCUT2D eigenvalue weighted by atomic mass is 9.99. The van der Waals surface area contributed by atoms with E-state index < -0.39 is 7.92 Å². The Labute approximate surface area is 166 Å². The van der Waals surface area contributed by atoms with Crippen LogP contribution in [0.5, 0.6) is 0 Å². The second kappa shape index (κ2) is 8.33. The van der Waals surface area contributed by atoms with Gasteiger partial charge in [-0.25, -0.2) is 0 Å². The van der Waals surface area contributed by atoms with Crippen molar-refractivity contribution in [1.82, 2.24) is 0 Å². The summed E-state index contributed by atoms with van der Waals surface area (Å²) in [6.07, 6.45) is 7.30. The SMILES string of the molecule is O=[N+]([O-])c1ccccc1C1C=CC(CP(c2ccccc2)c2ccccc2)=C1. The van der Waals surface area contributed by atoms with Crippen LogP contribution in [-0.4, -0.2) is 11.1 Å². The van der Waals surface area contributed by atoms with Gasteiger partial charge in [0, 0.05) is 23.7 Å². The van der Waals surface area contributed by atoms with E-state index in [4.69, 9.17) is 0 Å². The molecule has 1 atom stereocenters. The molecule has 0 fully saturated rings. The highest BCUT2D eigenvalue weighted by molar-refractivity contribution is 7.73. The minimum absolute atomic E-state index is 0.0417. The van der Waals surface area contributed by atoms with Crippen molar-refractivity contribution in [3.05, 3.63) is 124 Å². The van der Waals surface area contributed by atoms with Crippen LogP contribution in [0.4, 0.5) is 5.69 Å². The zero-order valence-electron chi connectivity index (χ0n) is 15.3. The maximum Gasteiger partial charge on any atom is 0.273 e. The molecule has 0 saturated carbocycles. The zero-order chi connectivity index (χ0) is 19.3. The van der Waals surface area contributed by atoms with Gasteiger partial charge in [0.2, 0.25) is 0 Å². The number of nitro benzene ring substituents is 1. The average molecular weight is 385 g/mol. The van der Waals surface area contributed by atoms with Crippen LogP contribution in [0.1, 0.15) is 11.5 Å². The summed E-state index contributed by atoms with van der Waals surface area (Å²) in [6.45, 7) is 0. The Hall–Kier alpha value is -3.03. The summed E-state index contributed by atoms with van der Waals surface area (Å²) >= 11 is 0. The van der Waals surface area contributed by atoms with E-state index in [0.29, 0.717) is 0 Å². The fourth-order valence-electron chi connectivity index (χ4n) is 3.53. The predicted octanol–water partition coefficient (Wildman–Crippen LogP) is 5.31. The molecule has 0 spiro atoms. The molecule has 3 aromatic carbocycles. The first kappa shape index (κ1) is 18.3. The lowest BCUT2D eigenvalue weighted by Crippen LogP contribution is -2.14. The highest BCUT2D eigenvalue weighted by Crippen LogP contribution is 2.40. The van der Waals surface area contributed by atoms with Crippen molar-refractivity contribution >= 4 is 24.2 Å². The predicted molar refractivity (Wildman–Crippen MR) is 117 cm³/mol. The van der Waals surface area contributed by atoms with Gasteiger partial charge in [0.05, 0.1) is 4.92 Å². The van der Waals surface area contributed by atoms with Gasteiger partial charge in [0.15, 0.2) is 0 Å². The number of rotatable bonds is 6. The zero-order valence-corrected chi connectivity index (χ0v) is 16.2. The maximum absolute atomic E-state index is 11.4. The molecule has 28 heavy (non-hydrogen) atoms. The molecule has 138 valence electrons. The standard InChI is InChI=1S/C24H20NO2P/c26-25(27)24-14-8-7-13-23(24)20-16-15-19(17-20)18-28(21-9-3-1-4-10-21)22-11-5-2-6-12-22/h1-17,20H,18H2. The van der Waals surface area contributed by atoms with Gasteiger partial charge < -0.3 is 0 Å². The van der Waals surface area contributed by atoms with Gasteiger partial charge in [0.25, 0.3) is 5.69 Å². The molecule has 0 saturated heterocycles. The molecule has 0 bridgehead atoms. The first-order chi connectivity index (χ1) is 13.7. The van der Waals surface area contributed by atoms with Gasteiger partial charge in [-0.2, -0.15) is 0 Å². The summed E-state index contributed by atoms with van der Waals surface area (Å²) in [7, 11) is -0.523. The number of para-hydroxylation sites is 1. The normalized spacial score (nSPS) is 15.6. The first-order valence-corrected chi connectivity index (χ1v) is 10.7. The molecule has 0 aliphatic heterocycles. The van der Waals surface area contributed by atoms with Crippen molar-refractivity contribution in [2.75, 3.05) is 6.16 Å². The van der Waals surface area contributed by atoms with Crippen LogP contribution in [0.2, 0.25) is 0 Å². The number of benzene rings is 3. The monoisotopic (exact) mass is 385 g/mol. The highest BCUT2D eigenvalue weighted by atomic mass is 31.1. The second-order valence-electron chi connectivity index (χ2n) is 6.70. The highest BCUT2D eigenvalue weighted by Gasteiger charge is 2.23. The molecular weight excluding hydrogens is 365 g/mol. The number of nitro groups is 1. The number of nitrogens with zero attached hydrogens (tertiary/aromatic N) is 1. The van der Waals surface area contributed by atoms with Crippen LogP contribution in [0.25, 0.3) is 0 Å². The van der Waals surface area contributed by atoms with E-state index in [1.807, 2.05) is 24.3 Å². The minimum atomic E-state index is -0.523. The summed E-state index contributed by atoms with van der Waals surface area (Å²) in [5.41, 5.74) is 2.17. The van der Waals surface area contributed by atoms with Crippen LogP contribution in [-0.2, 0) is 0 Å². The van der Waals surface area contributed by atoms with E-state index in [0.717, 1.165) is 11.7 Å². The van der Waals surface area contributed by atoms with E-state index in [9.17, 15) is 10.1 Å². The van der Waals surface area contributed by atoms with E-state index >= 15 is 0 Å². The largest absolute Gasteiger partial charge is 0.273 e. The molecule has 4 heteroatoms. The summed E-state index contributed by atoms with van der Waals surface area (Å²) in [5, 5.41) is 14.1. The molecule has 1 aliphatic rings. The molecule has 1 unspecified atom stereocenters. The first-order valence-electron chi connectivity index (χ1n) is 9.22. The van der Waals surface area contributed by atoms with E-state index in [-0.39, 0.29) is 16.5 Å². The molecule has 3 aromatic rings. The maximum atomic E-state index is 11.4.